The molecule has 0 spiro atoms. The Balaban J connectivity index is 1.73. The van der Waals surface area contributed by atoms with Crippen molar-refractivity contribution in [2.45, 2.75) is 0 Å². The van der Waals surface area contributed by atoms with Crippen molar-refractivity contribution in [2.24, 2.45) is 4.99 Å². The SMILES string of the molecule is O=C1OC(c2ccccc2Cl)=N/C1=C\c1ccc2ccccc2c1. The molecule has 4 rings (SSSR count). The van der Waals surface area contributed by atoms with Gasteiger partial charge in [-0.1, -0.05) is 60.1 Å². The second kappa shape index (κ2) is 5.95. The van der Waals surface area contributed by atoms with Crippen LogP contribution in [0.15, 0.2) is 77.4 Å². The second-order valence-corrected chi connectivity index (χ2v) is 5.83. The van der Waals surface area contributed by atoms with Crippen LogP contribution in [-0.4, -0.2) is 11.9 Å². The summed E-state index contributed by atoms with van der Waals surface area (Å²) in [7, 11) is 0. The molecule has 1 heterocycles. The second-order valence-electron chi connectivity index (χ2n) is 5.42. The fraction of sp³-hybridized carbons (Fsp3) is 0. The molecular weight excluding hydrogens is 322 g/mol. The first-order chi connectivity index (χ1) is 11.7. The fourth-order valence-electron chi connectivity index (χ4n) is 2.61. The van der Waals surface area contributed by atoms with Crippen LogP contribution in [0, 0.1) is 0 Å². The van der Waals surface area contributed by atoms with Gasteiger partial charge in [-0.05, 0) is 40.6 Å². The molecule has 0 unspecified atom stereocenters. The van der Waals surface area contributed by atoms with E-state index in [4.69, 9.17) is 16.3 Å². The zero-order chi connectivity index (χ0) is 16.5. The summed E-state index contributed by atoms with van der Waals surface area (Å²) in [5, 5.41) is 2.75. The first-order valence-corrected chi connectivity index (χ1v) is 7.85. The molecule has 3 aromatic rings. The molecule has 0 atom stereocenters. The van der Waals surface area contributed by atoms with Gasteiger partial charge in [-0.2, -0.15) is 0 Å². The van der Waals surface area contributed by atoms with Gasteiger partial charge in [0.15, 0.2) is 5.70 Å². The lowest BCUT2D eigenvalue weighted by atomic mass is 10.1. The van der Waals surface area contributed by atoms with E-state index in [1.807, 2.05) is 54.6 Å². The Kier molecular flexibility index (Phi) is 3.63. The van der Waals surface area contributed by atoms with Gasteiger partial charge in [0.25, 0.3) is 0 Å². The van der Waals surface area contributed by atoms with Crippen LogP contribution >= 0.6 is 11.6 Å². The Hall–Kier alpha value is -2.91. The Morgan fingerprint density at radius 3 is 2.50 bits per heavy atom. The van der Waals surface area contributed by atoms with Crippen molar-refractivity contribution >= 4 is 40.3 Å². The maximum absolute atomic E-state index is 12.1. The minimum absolute atomic E-state index is 0.234. The number of rotatable bonds is 2. The number of carbonyl (C=O) groups is 1. The average Bonchev–Trinajstić information content (AvgIpc) is 2.96. The summed E-state index contributed by atoms with van der Waals surface area (Å²) in [6, 6.07) is 21.2. The van der Waals surface area contributed by atoms with E-state index in [9.17, 15) is 4.79 Å². The summed E-state index contributed by atoms with van der Waals surface area (Å²) in [4.78, 5) is 16.4. The summed E-state index contributed by atoms with van der Waals surface area (Å²) >= 11 is 6.13. The van der Waals surface area contributed by atoms with E-state index in [0.29, 0.717) is 10.6 Å². The number of ether oxygens (including phenoxy) is 1. The van der Waals surface area contributed by atoms with Crippen LogP contribution in [0.2, 0.25) is 5.02 Å². The highest BCUT2D eigenvalue weighted by Crippen LogP contribution is 2.24. The normalized spacial score (nSPS) is 15.6. The van der Waals surface area contributed by atoms with E-state index >= 15 is 0 Å². The number of carbonyl (C=O) groups excluding carboxylic acids is 1. The van der Waals surface area contributed by atoms with Crippen LogP contribution in [-0.2, 0) is 9.53 Å². The van der Waals surface area contributed by atoms with E-state index in [1.54, 1.807) is 18.2 Å². The van der Waals surface area contributed by atoms with Gasteiger partial charge >= 0.3 is 5.97 Å². The quantitative estimate of drug-likeness (QED) is 0.497. The van der Waals surface area contributed by atoms with Crippen LogP contribution in [0.1, 0.15) is 11.1 Å². The minimum Gasteiger partial charge on any atom is -0.402 e. The molecule has 3 aromatic carbocycles. The van der Waals surface area contributed by atoms with E-state index < -0.39 is 5.97 Å². The van der Waals surface area contributed by atoms with Gasteiger partial charge < -0.3 is 4.74 Å². The number of hydrogen-bond donors (Lipinski definition) is 0. The molecule has 0 saturated carbocycles. The number of benzene rings is 3. The number of fused-ring (bicyclic) bond motifs is 1. The van der Waals surface area contributed by atoms with Crippen LogP contribution in [0.3, 0.4) is 0 Å². The highest BCUT2D eigenvalue weighted by Gasteiger charge is 2.25. The average molecular weight is 334 g/mol. The van der Waals surface area contributed by atoms with Crippen molar-refractivity contribution in [3.63, 3.8) is 0 Å². The summed E-state index contributed by atoms with van der Waals surface area (Å²) in [5.74, 6) is -0.240. The Bertz CT molecular complexity index is 1020. The molecule has 0 fully saturated rings. The fourth-order valence-corrected chi connectivity index (χ4v) is 2.83. The van der Waals surface area contributed by atoms with Gasteiger partial charge in [-0.3, -0.25) is 0 Å². The molecule has 0 saturated heterocycles. The topological polar surface area (TPSA) is 38.7 Å². The summed E-state index contributed by atoms with van der Waals surface area (Å²) in [5.41, 5.74) is 1.76. The first kappa shape index (κ1) is 14.7. The van der Waals surface area contributed by atoms with Crippen molar-refractivity contribution < 1.29 is 9.53 Å². The molecule has 1 aliphatic rings. The lowest BCUT2D eigenvalue weighted by molar-refractivity contribution is -0.129. The number of nitrogens with zero attached hydrogens (tertiary/aromatic N) is 1. The summed E-state index contributed by atoms with van der Waals surface area (Å²) < 4.78 is 5.26. The van der Waals surface area contributed by atoms with Crippen LogP contribution in [0.5, 0.6) is 0 Å². The third-order valence-electron chi connectivity index (χ3n) is 3.80. The van der Waals surface area contributed by atoms with Gasteiger partial charge in [-0.15, -0.1) is 0 Å². The molecule has 0 radical (unpaired) electrons. The van der Waals surface area contributed by atoms with Crippen molar-refractivity contribution in [3.8, 4) is 0 Å². The molecule has 24 heavy (non-hydrogen) atoms. The predicted octanol–water partition coefficient (Wildman–Crippen LogP) is 4.84. The number of hydrogen-bond acceptors (Lipinski definition) is 3. The smallest absolute Gasteiger partial charge is 0.363 e. The number of halogens is 1. The van der Waals surface area contributed by atoms with Crippen molar-refractivity contribution in [1.82, 2.24) is 0 Å². The number of esters is 1. The third kappa shape index (κ3) is 2.70. The van der Waals surface area contributed by atoms with Crippen molar-refractivity contribution in [1.29, 1.82) is 0 Å². The Labute approximate surface area is 143 Å². The maximum Gasteiger partial charge on any atom is 0.363 e. The highest BCUT2D eigenvalue weighted by molar-refractivity contribution is 6.34. The first-order valence-electron chi connectivity index (χ1n) is 7.47. The molecule has 1 aliphatic heterocycles. The molecule has 0 aliphatic carbocycles. The van der Waals surface area contributed by atoms with Crippen LogP contribution in [0.25, 0.3) is 16.8 Å². The molecule has 0 N–H and O–H groups in total. The zero-order valence-corrected chi connectivity index (χ0v) is 13.3. The lowest BCUT2D eigenvalue weighted by Gasteiger charge is -2.00. The molecule has 3 nitrogen and oxygen atoms in total. The van der Waals surface area contributed by atoms with E-state index in [2.05, 4.69) is 4.99 Å². The van der Waals surface area contributed by atoms with E-state index in [-0.39, 0.29) is 11.6 Å². The lowest BCUT2D eigenvalue weighted by Crippen LogP contribution is -2.05. The van der Waals surface area contributed by atoms with Gasteiger partial charge in [-0.25, -0.2) is 9.79 Å². The van der Waals surface area contributed by atoms with Gasteiger partial charge in [0.1, 0.15) is 0 Å². The molecule has 0 bridgehead atoms. The minimum atomic E-state index is -0.474. The predicted molar refractivity (Wildman–Crippen MR) is 96.0 cm³/mol. The summed E-state index contributed by atoms with van der Waals surface area (Å²) in [6.45, 7) is 0. The largest absolute Gasteiger partial charge is 0.402 e. The standard InChI is InChI=1S/C20H12ClNO2/c21-17-8-4-3-7-16(17)19-22-18(20(23)24-19)12-13-9-10-14-5-1-2-6-15(14)11-13/h1-12H/b18-12-. The molecular formula is C20H12ClNO2. The van der Waals surface area contributed by atoms with Gasteiger partial charge in [0, 0.05) is 0 Å². The molecule has 4 heteroatoms. The molecule has 116 valence electrons. The van der Waals surface area contributed by atoms with Gasteiger partial charge in [0.05, 0.1) is 10.6 Å². The Morgan fingerprint density at radius 2 is 1.67 bits per heavy atom. The number of aliphatic imine (C=N–C) groups is 1. The summed E-state index contributed by atoms with van der Waals surface area (Å²) in [6.07, 6.45) is 1.72. The third-order valence-corrected chi connectivity index (χ3v) is 4.13. The molecule has 0 aromatic heterocycles. The molecule has 0 amide bonds. The highest BCUT2D eigenvalue weighted by atomic mass is 35.5. The van der Waals surface area contributed by atoms with E-state index in [1.165, 1.54) is 0 Å². The van der Waals surface area contributed by atoms with Crippen LogP contribution in [0.4, 0.5) is 0 Å². The van der Waals surface area contributed by atoms with Crippen LogP contribution < -0.4 is 0 Å². The maximum atomic E-state index is 12.1. The Morgan fingerprint density at radius 1 is 0.917 bits per heavy atom. The zero-order valence-electron chi connectivity index (χ0n) is 12.6. The van der Waals surface area contributed by atoms with Crippen molar-refractivity contribution in [3.05, 3.63) is 88.6 Å². The van der Waals surface area contributed by atoms with Gasteiger partial charge in [0.2, 0.25) is 5.90 Å². The monoisotopic (exact) mass is 333 g/mol. The van der Waals surface area contributed by atoms with E-state index in [0.717, 1.165) is 16.3 Å². The van der Waals surface area contributed by atoms with Crippen molar-refractivity contribution in [2.75, 3.05) is 0 Å². The number of cyclic esters (lactones) is 1.